The van der Waals surface area contributed by atoms with E-state index in [9.17, 15) is 0 Å². The van der Waals surface area contributed by atoms with E-state index in [1.54, 1.807) is 0 Å². The molecule has 10 rings (SSSR count). The lowest BCUT2D eigenvalue weighted by atomic mass is 9.95. The molecule has 3 nitrogen and oxygen atoms in total. The minimum Gasteiger partial charge on any atom is -0.454 e. The highest BCUT2D eigenvalue weighted by atomic mass is 16.3. The molecule has 7 aromatic carbocycles. The summed E-state index contributed by atoms with van der Waals surface area (Å²) in [5.41, 5.74) is 11.2. The molecule has 0 aliphatic carbocycles. The highest BCUT2D eigenvalue weighted by molar-refractivity contribution is 6.22. The summed E-state index contributed by atoms with van der Waals surface area (Å²) in [7, 11) is 0. The lowest BCUT2D eigenvalue weighted by molar-refractivity contribution is 0.666. The molecule has 0 aliphatic heterocycles. The van der Waals surface area contributed by atoms with Gasteiger partial charge in [0.25, 0.3) is 0 Å². The molecular weight excluding hydrogens is 548 g/mol. The van der Waals surface area contributed by atoms with Crippen molar-refractivity contribution < 1.29 is 4.42 Å². The molecule has 0 saturated carbocycles. The third kappa shape index (κ3) is 3.35. The SMILES string of the molecule is c1ccc(-n2c3ccccc3c3c(-c4cccc5c4c4ccccc4n5-c4cccc5c4oc4ccccc45)cccc32)cc1. The van der Waals surface area contributed by atoms with Crippen molar-refractivity contribution in [1.82, 2.24) is 9.13 Å². The topological polar surface area (TPSA) is 23.0 Å². The molecule has 0 atom stereocenters. The first-order valence-electron chi connectivity index (χ1n) is 15.4. The Morgan fingerprint density at radius 1 is 0.356 bits per heavy atom. The van der Waals surface area contributed by atoms with Crippen LogP contribution in [0.5, 0.6) is 0 Å². The van der Waals surface area contributed by atoms with Gasteiger partial charge in [-0.1, -0.05) is 109 Å². The molecule has 10 aromatic rings. The van der Waals surface area contributed by atoms with Crippen molar-refractivity contribution in [3.63, 3.8) is 0 Å². The predicted octanol–water partition coefficient (Wildman–Crippen LogP) is 11.4. The lowest BCUT2D eigenvalue weighted by Gasteiger charge is -2.11. The fourth-order valence-electron chi connectivity index (χ4n) is 7.51. The summed E-state index contributed by atoms with van der Waals surface area (Å²) < 4.78 is 11.3. The van der Waals surface area contributed by atoms with E-state index in [1.165, 1.54) is 43.7 Å². The summed E-state index contributed by atoms with van der Waals surface area (Å²) in [5.74, 6) is 0. The first kappa shape index (κ1) is 24.4. The van der Waals surface area contributed by atoms with Gasteiger partial charge in [0, 0.05) is 38.0 Å². The average molecular weight is 575 g/mol. The van der Waals surface area contributed by atoms with E-state index in [4.69, 9.17) is 4.42 Å². The van der Waals surface area contributed by atoms with Crippen LogP contribution in [0.15, 0.2) is 162 Å². The van der Waals surface area contributed by atoms with E-state index < -0.39 is 0 Å². The van der Waals surface area contributed by atoms with Gasteiger partial charge in [0.2, 0.25) is 0 Å². The molecule has 0 aliphatic rings. The molecule has 3 aromatic heterocycles. The minimum absolute atomic E-state index is 0.903. The van der Waals surface area contributed by atoms with Gasteiger partial charge >= 0.3 is 0 Å². The van der Waals surface area contributed by atoms with Crippen molar-refractivity contribution in [1.29, 1.82) is 0 Å². The van der Waals surface area contributed by atoms with Crippen molar-refractivity contribution in [2.24, 2.45) is 0 Å². The van der Waals surface area contributed by atoms with E-state index >= 15 is 0 Å². The Labute approximate surface area is 258 Å². The minimum atomic E-state index is 0.903. The van der Waals surface area contributed by atoms with Gasteiger partial charge in [-0.15, -0.1) is 0 Å². The van der Waals surface area contributed by atoms with Crippen LogP contribution in [0.4, 0.5) is 0 Å². The van der Waals surface area contributed by atoms with Crippen molar-refractivity contribution in [2.75, 3.05) is 0 Å². The molecule has 0 fully saturated rings. The Kier molecular flexibility index (Phi) is 5.00. The third-order valence-corrected chi connectivity index (χ3v) is 9.32. The van der Waals surface area contributed by atoms with Crippen LogP contribution < -0.4 is 0 Å². The second-order valence-corrected chi connectivity index (χ2v) is 11.7. The van der Waals surface area contributed by atoms with Crippen LogP contribution in [-0.2, 0) is 0 Å². The van der Waals surface area contributed by atoms with Crippen molar-refractivity contribution in [2.45, 2.75) is 0 Å². The molecule has 0 radical (unpaired) electrons. The Morgan fingerprint density at radius 3 is 1.58 bits per heavy atom. The normalized spacial score (nSPS) is 12.0. The molecule has 0 saturated heterocycles. The number of rotatable bonds is 3. The Morgan fingerprint density at radius 2 is 0.867 bits per heavy atom. The Bertz CT molecular complexity index is 2760. The highest BCUT2D eigenvalue weighted by Crippen LogP contribution is 2.44. The zero-order valence-corrected chi connectivity index (χ0v) is 24.3. The monoisotopic (exact) mass is 574 g/mol. The van der Waals surface area contributed by atoms with E-state index in [0.717, 1.165) is 44.3 Å². The van der Waals surface area contributed by atoms with Crippen molar-refractivity contribution in [3.05, 3.63) is 158 Å². The standard InChI is InChI=1S/C42H26N2O/c1-2-13-27(14-3-1)43-34-21-7-4-16-32(34)40-29(18-10-23-36(40)43)30-19-11-24-37-41(30)33-17-5-8-22-35(33)44(37)38-25-12-20-31-28-15-6-9-26-39(28)45-42(31)38/h1-26H. The van der Waals surface area contributed by atoms with Gasteiger partial charge in [0.05, 0.1) is 27.8 Å². The lowest BCUT2D eigenvalue weighted by Crippen LogP contribution is -1.94. The maximum absolute atomic E-state index is 6.55. The summed E-state index contributed by atoms with van der Waals surface area (Å²) in [6, 6.07) is 56.4. The number of para-hydroxylation sites is 5. The average Bonchev–Trinajstić information content (AvgIpc) is 3.76. The maximum atomic E-state index is 6.55. The molecule has 0 bridgehead atoms. The van der Waals surface area contributed by atoms with E-state index in [2.05, 4.69) is 161 Å². The number of aromatic nitrogens is 2. The van der Waals surface area contributed by atoms with Gasteiger partial charge in [-0.2, -0.15) is 0 Å². The van der Waals surface area contributed by atoms with Gasteiger partial charge in [-0.25, -0.2) is 0 Å². The second kappa shape index (κ2) is 9.22. The van der Waals surface area contributed by atoms with Crippen molar-refractivity contribution >= 4 is 65.6 Å². The number of fused-ring (bicyclic) bond motifs is 9. The van der Waals surface area contributed by atoms with Crippen LogP contribution in [0.3, 0.4) is 0 Å². The maximum Gasteiger partial charge on any atom is 0.159 e. The number of furan rings is 1. The zero-order valence-electron chi connectivity index (χ0n) is 24.3. The molecule has 0 unspecified atom stereocenters. The molecule has 3 heterocycles. The van der Waals surface area contributed by atoms with Crippen LogP contribution in [0.1, 0.15) is 0 Å². The number of hydrogen-bond acceptors (Lipinski definition) is 1. The fraction of sp³-hybridized carbons (Fsp3) is 0. The fourth-order valence-corrected chi connectivity index (χ4v) is 7.51. The summed E-state index contributed by atoms with van der Waals surface area (Å²) in [4.78, 5) is 0. The van der Waals surface area contributed by atoms with E-state index in [0.29, 0.717) is 0 Å². The van der Waals surface area contributed by atoms with Gasteiger partial charge in [-0.3, -0.25) is 0 Å². The number of hydrogen-bond donors (Lipinski definition) is 0. The molecule has 45 heavy (non-hydrogen) atoms. The molecule has 0 spiro atoms. The van der Waals surface area contributed by atoms with Crippen LogP contribution >= 0.6 is 0 Å². The van der Waals surface area contributed by atoms with Crippen LogP contribution in [-0.4, -0.2) is 9.13 Å². The number of benzene rings is 7. The first-order chi connectivity index (χ1) is 22.4. The van der Waals surface area contributed by atoms with Gasteiger partial charge in [0.1, 0.15) is 5.58 Å². The summed E-state index contributed by atoms with van der Waals surface area (Å²) in [6.45, 7) is 0. The van der Waals surface area contributed by atoms with Gasteiger partial charge in [0.15, 0.2) is 5.58 Å². The predicted molar refractivity (Wildman–Crippen MR) is 188 cm³/mol. The Hall–Kier alpha value is -6.06. The van der Waals surface area contributed by atoms with Crippen LogP contribution in [0.2, 0.25) is 0 Å². The third-order valence-electron chi connectivity index (χ3n) is 9.32. The van der Waals surface area contributed by atoms with Gasteiger partial charge in [-0.05, 0) is 59.7 Å². The summed E-state index contributed by atoms with van der Waals surface area (Å²) in [5, 5.41) is 7.24. The van der Waals surface area contributed by atoms with Crippen LogP contribution in [0.25, 0.3) is 88.1 Å². The largest absolute Gasteiger partial charge is 0.454 e. The van der Waals surface area contributed by atoms with Crippen molar-refractivity contribution in [3.8, 4) is 22.5 Å². The highest BCUT2D eigenvalue weighted by Gasteiger charge is 2.22. The zero-order chi connectivity index (χ0) is 29.5. The van der Waals surface area contributed by atoms with E-state index in [1.807, 2.05) is 6.07 Å². The molecule has 3 heteroatoms. The Balaban J connectivity index is 1.33. The van der Waals surface area contributed by atoms with Crippen LogP contribution in [0, 0.1) is 0 Å². The smallest absolute Gasteiger partial charge is 0.159 e. The quantitative estimate of drug-likeness (QED) is 0.206. The first-order valence-corrected chi connectivity index (χ1v) is 15.4. The summed E-state index contributed by atoms with van der Waals surface area (Å²) >= 11 is 0. The second-order valence-electron chi connectivity index (χ2n) is 11.7. The summed E-state index contributed by atoms with van der Waals surface area (Å²) in [6.07, 6.45) is 0. The molecular formula is C42H26N2O. The number of nitrogens with zero attached hydrogens (tertiary/aromatic N) is 2. The molecule has 210 valence electrons. The van der Waals surface area contributed by atoms with E-state index in [-0.39, 0.29) is 0 Å². The van der Waals surface area contributed by atoms with Gasteiger partial charge < -0.3 is 13.6 Å². The molecule has 0 N–H and O–H groups in total. The molecule has 0 amide bonds.